The zero-order valence-electron chi connectivity index (χ0n) is 17.7. The Morgan fingerprint density at radius 1 is 1.26 bits per heavy atom. The molecule has 7 nitrogen and oxygen atoms in total. The van der Waals surface area contributed by atoms with Crippen LogP contribution < -0.4 is 25.3 Å². The number of nitrogens with two attached hydrogens (primary N) is 1. The van der Waals surface area contributed by atoms with Crippen LogP contribution in [-0.4, -0.2) is 33.3 Å². The molecule has 1 unspecified atom stereocenters. The van der Waals surface area contributed by atoms with Gasteiger partial charge in [-0.25, -0.2) is 4.79 Å². The zero-order chi connectivity index (χ0) is 22.1. The molecule has 4 rings (SSSR count). The average Bonchev–Trinajstić information content (AvgIpc) is 2.76. The van der Waals surface area contributed by atoms with Crippen molar-refractivity contribution in [1.29, 1.82) is 0 Å². The molecule has 0 fully saturated rings. The van der Waals surface area contributed by atoms with Gasteiger partial charge in [0.2, 0.25) is 5.88 Å². The lowest BCUT2D eigenvalue weighted by atomic mass is 9.81. The lowest BCUT2D eigenvalue weighted by Gasteiger charge is -2.31. The lowest BCUT2D eigenvalue weighted by molar-refractivity contribution is -0.139. The van der Waals surface area contributed by atoms with Crippen LogP contribution in [0.5, 0.6) is 17.2 Å². The molecular formula is C23H25BrN2O5. The number of carbonyl (C=O) groups excluding carboxylic acids is 1. The number of hydrogen-bond donors (Lipinski definition) is 2. The van der Waals surface area contributed by atoms with E-state index >= 15 is 0 Å². The van der Waals surface area contributed by atoms with Crippen LogP contribution in [0.25, 0.3) is 0 Å². The summed E-state index contributed by atoms with van der Waals surface area (Å²) in [5, 5.41) is 3.41. The van der Waals surface area contributed by atoms with E-state index in [1.54, 1.807) is 21.1 Å². The number of benzene rings is 2. The van der Waals surface area contributed by atoms with Crippen LogP contribution in [0.15, 0.2) is 40.2 Å². The van der Waals surface area contributed by atoms with E-state index in [9.17, 15) is 4.79 Å². The molecule has 0 spiro atoms. The Kier molecular flexibility index (Phi) is 6.00. The SMILES string of the molecule is CCOC(=O)C1=C(N)Oc2cc3c(cc2C1c1cc(Br)c(OC)c(OC)c1)CCCN3. The van der Waals surface area contributed by atoms with Gasteiger partial charge in [0.15, 0.2) is 11.5 Å². The van der Waals surface area contributed by atoms with Gasteiger partial charge in [0.05, 0.1) is 31.2 Å². The largest absolute Gasteiger partial charge is 0.493 e. The Hall–Kier alpha value is -2.87. The first kappa shape index (κ1) is 21.4. The standard InChI is InChI=1S/C23H25BrN2O5/c1-4-30-23(27)20-19(13-9-15(24)21(29-3)18(10-13)28-2)14-8-12-6-5-7-26-16(12)11-17(14)31-22(20)25/h8-11,19,26H,4-7,25H2,1-3H3. The summed E-state index contributed by atoms with van der Waals surface area (Å²) in [6, 6.07) is 7.82. The predicted molar refractivity (Wildman–Crippen MR) is 121 cm³/mol. The molecule has 0 amide bonds. The van der Waals surface area contributed by atoms with Gasteiger partial charge in [-0.1, -0.05) is 0 Å². The van der Waals surface area contributed by atoms with E-state index in [4.69, 9.17) is 24.7 Å². The van der Waals surface area contributed by atoms with Crippen LogP contribution in [0, 0.1) is 0 Å². The van der Waals surface area contributed by atoms with E-state index in [-0.39, 0.29) is 18.1 Å². The molecule has 164 valence electrons. The summed E-state index contributed by atoms with van der Waals surface area (Å²) in [6.07, 6.45) is 1.99. The minimum Gasteiger partial charge on any atom is -0.493 e. The van der Waals surface area contributed by atoms with E-state index in [0.29, 0.717) is 21.7 Å². The maximum absolute atomic E-state index is 12.9. The number of hydrogen-bond acceptors (Lipinski definition) is 7. The number of rotatable bonds is 5. The van der Waals surface area contributed by atoms with E-state index < -0.39 is 11.9 Å². The van der Waals surface area contributed by atoms with Crippen molar-refractivity contribution in [2.75, 3.05) is 32.7 Å². The van der Waals surface area contributed by atoms with Gasteiger partial charge in [-0.2, -0.15) is 0 Å². The molecule has 0 aromatic heterocycles. The molecule has 8 heteroatoms. The van der Waals surface area contributed by atoms with Crippen molar-refractivity contribution in [3.8, 4) is 17.2 Å². The number of aryl methyl sites for hydroxylation is 1. The molecule has 2 aliphatic heterocycles. The summed E-state index contributed by atoms with van der Waals surface area (Å²) in [4.78, 5) is 12.9. The van der Waals surface area contributed by atoms with Gasteiger partial charge in [-0.15, -0.1) is 0 Å². The summed E-state index contributed by atoms with van der Waals surface area (Å²) < 4.78 is 22.9. The molecule has 0 aliphatic carbocycles. The third kappa shape index (κ3) is 3.80. The van der Waals surface area contributed by atoms with Crippen LogP contribution in [0.1, 0.15) is 36.0 Å². The fourth-order valence-electron chi connectivity index (χ4n) is 4.18. The third-order valence-electron chi connectivity index (χ3n) is 5.54. The summed E-state index contributed by atoms with van der Waals surface area (Å²) in [7, 11) is 3.15. The molecule has 0 bridgehead atoms. The number of halogens is 1. The first-order valence-electron chi connectivity index (χ1n) is 10.1. The number of methoxy groups -OCH3 is 2. The Morgan fingerprint density at radius 3 is 2.77 bits per heavy atom. The first-order valence-corrected chi connectivity index (χ1v) is 10.9. The van der Waals surface area contributed by atoms with Crippen molar-refractivity contribution in [3.05, 3.63) is 56.9 Å². The van der Waals surface area contributed by atoms with Crippen molar-refractivity contribution in [2.45, 2.75) is 25.7 Å². The monoisotopic (exact) mass is 488 g/mol. The second kappa shape index (κ2) is 8.70. The second-order valence-electron chi connectivity index (χ2n) is 7.35. The minimum atomic E-state index is -0.502. The summed E-state index contributed by atoms with van der Waals surface area (Å²) >= 11 is 3.56. The van der Waals surface area contributed by atoms with Gasteiger partial charge in [-0.05, 0) is 65.0 Å². The third-order valence-corrected chi connectivity index (χ3v) is 6.13. The highest BCUT2D eigenvalue weighted by atomic mass is 79.9. The Morgan fingerprint density at radius 2 is 2.06 bits per heavy atom. The van der Waals surface area contributed by atoms with E-state index in [0.717, 1.165) is 36.2 Å². The van der Waals surface area contributed by atoms with E-state index in [2.05, 4.69) is 27.3 Å². The molecule has 1 atom stereocenters. The molecular weight excluding hydrogens is 464 g/mol. The summed E-state index contributed by atoms with van der Waals surface area (Å²) in [5.74, 6) is 0.792. The Bertz CT molecular complexity index is 1070. The highest BCUT2D eigenvalue weighted by Crippen LogP contribution is 2.48. The zero-order valence-corrected chi connectivity index (χ0v) is 19.3. The maximum atomic E-state index is 12.9. The molecule has 0 saturated carbocycles. The van der Waals surface area contributed by atoms with E-state index in [1.165, 1.54) is 5.56 Å². The first-order chi connectivity index (χ1) is 15.0. The van der Waals surface area contributed by atoms with Crippen molar-refractivity contribution >= 4 is 27.6 Å². The fraction of sp³-hybridized carbons (Fsp3) is 0.348. The maximum Gasteiger partial charge on any atom is 0.340 e. The lowest BCUT2D eigenvalue weighted by Crippen LogP contribution is -2.28. The highest BCUT2D eigenvalue weighted by Gasteiger charge is 2.37. The molecule has 2 heterocycles. The topological polar surface area (TPSA) is 92.0 Å². The number of fused-ring (bicyclic) bond motifs is 2. The van der Waals surface area contributed by atoms with Crippen molar-refractivity contribution in [3.63, 3.8) is 0 Å². The predicted octanol–water partition coefficient (Wildman–Crippen LogP) is 4.08. The fourth-order valence-corrected chi connectivity index (χ4v) is 4.80. The van der Waals surface area contributed by atoms with Gasteiger partial charge in [0.1, 0.15) is 11.3 Å². The van der Waals surface area contributed by atoms with Crippen molar-refractivity contribution in [1.82, 2.24) is 0 Å². The van der Waals surface area contributed by atoms with Gasteiger partial charge in [0.25, 0.3) is 0 Å². The normalized spacial score (nSPS) is 17.1. The summed E-state index contributed by atoms with van der Waals surface area (Å²) in [6.45, 7) is 2.91. The Labute approximate surface area is 189 Å². The second-order valence-corrected chi connectivity index (χ2v) is 8.20. The number of nitrogens with one attached hydrogen (secondary N) is 1. The van der Waals surface area contributed by atoms with Gasteiger partial charge in [0, 0.05) is 23.9 Å². The number of anilines is 1. The van der Waals surface area contributed by atoms with Crippen molar-refractivity contribution in [2.24, 2.45) is 5.73 Å². The van der Waals surface area contributed by atoms with Crippen LogP contribution in [-0.2, 0) is 16.0 Å². The molecule has 31 heavy (non-hydrogen) atoms. The van der Waals surface area contributed by atoms with Crippen LogP contribution in [0.3, 0.4) is 0 Å². The highest BCUT2D eigenvalue weighted by molar-refractivity contribution is 9.10. The molecule has 0 radical (unpaired) electrons. The van der Waals surface area contributed by atoms with Crippen LogP contribution in [0.4, 0.5) is 5.69 Å². The van der Waals surface area contributed by atoms with E-state index in [1.807, 2.05) is 18.2 Å². The number of esters is 1. The molecule has 0 saturated heterocycles. The minimum absolute atomic E-state index is 0.0395. The quantitative estimate of drug-likeness (QED) is 0.612. The Balaban J connectivity index is 1.94. The van der Waals surface area contributed by atoms with Gasteiger partial charge in [-0.3, -0.25) is 0 Å². The van der Waals surface area contributed by atoms with Gasteiger partial charge < -0.3 is 30.0 Å². The molecule has 2 aromatic rings. The number of ether oxygens (including phenoxy) is 4. The molecule has 2 aromatic carbocycles. The average molecular weight is 489 g/mol. The van der Waals surface area contributed by atoms with Crippen LogP contribution >= 0.6 is 15.9 Å². The number of carbonyl (C=O) groups is 1. The molecule has 2 aliphatic rings. The molecule has 3 N–H and O–H groups in total. The smallest absolute Gasteiger partial charge is 0.340 e. The van der Waals surface area contributed by atoms with Gasteiger partial charge >= 0.3 is 5.97 Å². The van der Waals surface area contributed by atoms with Crippen molar-refractivity contribution < 1.29 is 23.7 Å². The summed E-state index contributed by atoms with van der Waals surface area (Å²) in [5.41, 5.74) is 10.4. The van der Waals surface area contributed by atoms with Crippen LogP contribution in [0.2, 0.25) is 0 Å².